The van der Waals surface area contributed by atoms with Crippen molar-refractivity contribution in [3.8, 4) is 0 Å². The van der Waals surface area contributed by atoms with Crippen LogP contribution in [0.3, 0.4) is 0 Å². The summed E-state index contributed by atoms with van der Waals surface area (Å²) in [4.78, 5) is 4.11. The number of rotatable bonds is 4. The van der Waals surface area contributed by atoms with E-state index in [-0.39, 0.29) is 11.9 Å². The van der Waals surface area contributed by atoms with Crippen LogP contribution in [0.4, 0.5) is 4.39 Å². The van der Waals surface area contributed by atoms with E-state index in [9.17, 15) is 4.39 Å². The van der Waals surface area contributed by atoms with Gasteiger partial charge in [-0.3, -0.25) is 10.8 Å². The summed E-state index contributed by atoms with van der Waals surface area (Å²) in [6.07, 6.45) is 4.45. The normalized spacial score (nSPS) is 12.4. The SMILES string of the molecule is CCc1cnccc1C(NN)c1ccc(F)cc1. The van der Waals surface area contributed by atoms with E-state index in [0.29, 0.717) is 0 Å². The van der Waals surface area contributed by atoms with Crippen LogP contribution in [0.15, 0.2) is 42.7 Å². The van der Waals surface area contributed by atoms with Crippen LogP contribution in [0, 0.1) is 5.82 Å². The van der Waals surface area contributed by atoms with Gasteiger partial charge >= 0.3 is 0 Å². The topological polar surface area (TPSA) is 50.9 Å². The number of hydrazine groups is 1. The lowest BCUT2D eigenvalue weighted by Gasteiger charge is -2.19. The van der Waals surface area contributed by atoms with Crippen LogP contribution < -0.4 is 11.3 Å². The zero-order valence-corrected chi connectivity index (χ0v) is 10.2. The van der Waals surface area contributed by atoms with Crippen molar-refractivity contribution in [1.29, 1.82) is 0 Å². The lowest BCUT2D eigenvalue weighted by atomic mass is 9.95. The molecule has 0 saturated heterocycles. The number of pyridine rings is 1. The molecule has 0 aliphatic carbocycles. The van der Waals surface area contributed by atoms with Gasteiger partial charge in [-0.15, -0.1) is 0 Å². The zero-order chi connectivity index (χ0) is 13.0. The van der Waals surface area contributed by atoms with Gasteiger partial charge in [-0.2, -0.15) is 0 Å². The van der Waals surface area contributed by atoms with Crippen LogP contribution in [0.5, 0.6) is 0 Å². The molecule has 18 heavy (non-hydrogen) atoms. The van der Waals surface area contributed by atoms with Crippen LogP contribution in [0.2, 0.25) is 0 Å². The minimum atomic E-state index is -0.250. The fourth-order valence-electron chi connectivity index (χ4n) is 2.04. The first kappa shape index (κ1) is 12.7. The van der Waals surface area contributed by atoms with Gasteiger partial charge in [0.2, 0.25) is 0 Å². The number of nitrogens with zero attached hydrogens (tertiary/aromatic N) is 1. The summed E-state index contributed by atoms with van der Waals surface area (Å²) in [7, 11) is 0. The Morgan fingerprint density at radius 1 is 1.28 bits per heavy atom. The first-order valence-electron chi connectivity index (χ1n) is 5.90. The molecule has 0 aliphatic rings. The molecule has 3 N–H and O–H groups in total. The summed E-state index contributed by atoms with van der Waals surface area (Å²) in [6.45, 7) is 2.07. The second-order valence-corrected chi connectivity index (χ2v) is 4.08. The van der Waals surface area contributed by atoms with Gasteiger partial charge in [0.15, 0.2) is 0 Å². The Labute approximate surface area is 106 Å². The average molecular weight is 245 g/mol. The number of aromatic nitrogens is 1. The predicted octanol–water partition coefficient (Wildman–Crippen LogP) is 2.34. The maximum atomic E-state index is 12.9. The highest BCUT2D eigenvalue weighted by Crippen LogP contribution is 2.24. The van der Waals surface area contributed by atoms with Gasteiger partial charge in [0.1, 0.15) is 5.82 Å². The van der Waals surface area contributed by atoms with Gasteiger partial charge in [0.05, 0.1) is 6.04 Å². The molecule has 0 saturated carbocycles. The third kappa shape index (κ3) is 2.55. The lowest BCUT2D eigenvalue weighted by Crippen LogP contribution is -2.29. The Morgan fingerprint density at radius 3 is 2.61 bits per heavy atom. The summed E-state index contributed by atoms with van der Waals surface area (Å²) in [5.74, 6) is 5.38. The number of hydrogen-bond donors (Lipinski definition) is 2. The number of benzene rings is 1. The molecule has 0 aliphatic heterocycles. The maximum Gasteiger partial charge on any atom is 0.123 e. The molecule has 0 spiro atoms. The Hall–Kier alpha value is -1.78. The molecular weight excluding hydrogens is 229 g/mol. The number of halogens is 1. The molecule has 2 rings (SSSR count). The third-order valence-corrected chi connectivity index (χ3v) is 3.00. The summed E-state index contributed by atoms with van der Waals surface area (Å²) in [5.41, 5.74) is 5.91. The molecule has 0 bridgehead atoms. The van der Waals surface area contributed by atoms with E-state index < -0.39 is 0 Å². The Morgan fingerprint density at radius 2 is 2.00 bits per heavy atom. The van der Waals surface area contributed by atoms with Crippen LogP contribution in [0.1, 0.15) is 29.7 Å². The highest BCUT2D eigenvalue weighted by Gasteiger charge is 2.15. The summed E-state index contributed by atoms with van der Waals surface area (Å²) < 4.78 is 12.9. The zero-order valence-electron chi connectivity index (χ0n) is 10.2. The van der Waals surface area contributed by atoms with Crippen molar-refractivity contribution in [3.63, 3.8) is 0 Å². The first-order valence-corrected chi connectivity index (χ1v) is 5.90. The molecule has 1 atom stereocenters. The van der Waals surface area contributed by atoms with Gasteiger partial charge in [0.25, 0.3) is 0 Å². The fraction of sp³-hybridized carbons (Fsp3) is 0.214. The minimum Gasteiger partial charge on any atom is -0.271 e. The minimum absolute atomic E-state index is 0.149. The third-order valence-electron chi connectivity index (χ3n) is 3.00. The number of hydrogen-bond acceptors (Lipinski definition) is 3. The van der Waals surface area contributed by atoms with Crippen LogP contribution in [-0.4, -0.2) is 4.98 Å². The molecule has 3 nitrogen and oxygen atoms in total. The maximum absolute atomic E-state index is 12.9. The summed E-state index contributed by atoms with van der Waals surface area (Å²) in [5, 5.41) is 0. The summed E-state index contributed by atoms with van der Waals surface area (Å²) in [6, 6.07) is 8.13. The van der Waals surface area contributed by atoms with Crippen molar-refractivity contribution in [2.45, 2.75) is 19.4 Å². The van der Waals surface area contributed by atoms with Gasteiger partial charge < -0.3 is 0 Å². The van der Waals surface area contributed by atoms with Gasteiger partial charge in [-0.25, -0.2) is 9.82 Å². The van der Waals surface area contributed by atoms with Crippen molar-refractivity contribution >= 4 is 0 Å². The second-order valence-electron chi connectivity index (χ2n) is 4.08. The van der Waals surface area contributed by atoms with E-state index in [1.54, 1.807) is 18.3 Å². The molecular formula is C14H16FN3. The van der Waals surface area contributed by atoms with E-state index in [4.69, 9.17) is 5.84 Å². The molecule has 2 aromatic rings. The Bertz CT molecular complexity index is 511. The van der Waals surface area contributed by atoms with Crippen molar-refractivity contribution in [2.24, 2.45) is 5.84 Å². The first-order chi connectivity index (χ1) is 8.76. The van der Waals surface area contributed by atoms with Crippen molar-refractivity contribution in [2.75, 3.05) is 0 Å². The van der Waals surface area contributed by atoms with E-state index in [1.807, 2.05) is 12.3 Å². The van der Waals surface area contributed by atoms with Crippen molar-refractivity contribution in [3.05, 3.63) is 65.2 Å². The van der Waals surface area contributed by atoms with Crippen molar-refractivity contribution in [1.82, 2.24) is 10.4 Å². The average Bonchev–Trinajstić information content (AvgIpc) is 2.42. The van der Waals surface area contributed by atoms with Crippen LogP contribution >= 0.6 is 0 Å². The molecule has 0 radical (unpaired) electrons. The second kappa shape index (κ2) is 5.71. The van der Waals surface area contributed by atoms with Gasteiger partial charge in [-0.05, 0) is 41.3 Å². The summed E-state index contributed by atoms with van der Waals surface area (Å²) >= 11 is 0. The number of nitrogens with two attached hydrogens (primary N) is 1. The highest BCUT2D eigenvalue weighted by molar-refractivity contribution is 5.35. The van der Waals surface area contributed by atoms with E-state index in [1.165, 1.54) is 12.1 Å². The predicted molar refractivity (Wildman–Crippen MR) is 69.2 cm³/mol. The van der Waals surface area contributed by atoms with Gasteiger partial charge in [-0.1, -0.05) is 19.1 Å². The molecule has 1 unspecified atom stereocenters. The van der Waals surface area contributed by atoms with Gasteiger partial charge in [0, 0.05) is 12.4 Å². The number of nitrogens with one attached hydrogen (secondary N) is 1. The molecule has 1 heterocycles. The van der Waals surface area contributed by atoms with E-state index in [2.05, 4.69) is 17.3 Å². The van der Waals surface area contributed by atoms with E-state index >= 15 is 0 Å². The molecule has 4 heteroatoms. The quantitative estimate of drug-likeness (QED) is 0.642. The van der Waals surface area contributed by atoms with E-state index in [0.717, 1.165) is 23.1 Å². The highest BCUT2D eigenvalue weighted by atomic mass is 19.1. The van der Waals surface area contributed by atoms with Crippen molar-refractivity contribution < 1.29 is 4.39 Å². The molecule has 1 aromatic carbocycles. The molecule has 0 fully saturated rings. The molecule has 94 valence electrons. The molecule has 1 aromatic heterocycles. The fourth-order valence-corrected chi connectivity index (χ4v) is 2.04. The van der Waals surface area contributed by atoms with Crippen LogP contribution in [0.25, 0.3) is 0 Å². The largest absolute Gasteiger partial charge is 0.271 e. The number of aryl methyl sites for hydroxylation is 1. The lowest BCUT2D eigenvalue weighted by molar-refractivity contribution is 0.613. The Balaban J connectivity index is 2.41. The van der Waals surface area contributed by atoms with Crippen LogP contribution in [-0.2, 0) is 6.42 Å². The monoisotopic (exact) mass is 245 g/mol. The molecule has 0 amide bonds. The standard InChI is InChI=1S/C14H16FN3/c1-2-10-9-17-8-7-13(10)14(18-16)11-3-5-12(15)6-4-11/h3-9,14,18H,2,16H2,1H3. The smallest absolute Gasteiger partial charge is 0.123 e. The Kier molecular flexibility index (Phi) is 4.02.